The van der Waals surface area contributed by atoms with Gasteiger partial charge in [-0.2, -0.15) is 0 Å². The summed E-state index contributed by atoms with van der Waals surface area (Å²) in [4.78, 5) is 21.6. The lowest BCUT2D eigenvalue weighted by molar-refractivity contribution is -0.119. The van der Waals surface area contributed by atoms with Crippen molar-refractivity contribution in [1.29, 1.82) is 0 Å². The molecule has 2 aromatic carbocycles. The third-order valence-electron chi connectivity index (χ3n) is 3.06. The zero-order valence-electron chi connectivity index (χ0n) is 14.6. The number of nitrogens with two attached hydrogens (primary N) is 1. The molecule has 0 spiro atoms. The monoisotopic (exact) mass is 440 g/mol. The molecule has 0 aliphatic heterocycles. The van der Waals surface area contributed by atoms with Crippen LogP contribution in [0.3, 0.4) is 0 Å². The van der Waals surface area contributed by atoms with E-state index in [2.05, 4.69) is 5.32 Å². The second-order valence-electron chi connectivity index (χ2n) is 5.34. The fourth-order valence-corrected chi connectivity index (χ4v) is 1.91. The normalized spacial score (nSPS) is 12.3. The van der Waals surface area contributed by atoms with Gasteiger partial charge in [0.05, 0.1) is 0 Å². The summed E-state index contributed by atoms with van der Waals surface area (Å²) in [6.45, 7) is 0. The summed E-state index contributed by atoms with van der Waals surface area (Å²) in [6.07, 6.45) is 4.30. The molecule has 148 valence electrons. The Morgan fingerprint density at radius 2 is 1.32 bits per heavy atom. The van der Waals surface area contributed by atoms with Crippen LogP contribution < -0.4 is 11.1 Å². The quantitative estimate of drug-likeness (QED) is 0.375. The van der Waals surface area contributed by atoms with E-state index in [-0.39, 0.29) is 0 Å². The summed E-state index contributed by atoms with van der Waals surface area (Å²) < 4.78 is -1.95. The van der Waals surface area contributed by atoms with E-state index in [9.17, 15) is 14.7 Å². The van der Waals surface area contributed by atoms with Gasteiger partial charge in [-0.3, -0.25) is 9.59 Å². The Bertz CT molecular complexity index is 804. The van der Waals surface area contributed by atoms with Crippen LogP contribution in [-0.4, -0.2) is 26.9 Å². The number of halogens is 3. The van der Waals surface area contributed by atoms with Gasteiger partial charge in [0.1, 0.15) is 0 Å². The average Bonchev–Trinajstić information content (AvgIpc) is 2.66. The highest BCUT2D eigenvalue weighted by Gasteiger charge is 2.31. The van der Waals surface area contributed by atoms with Gasteiger partial charge in [-0.25, -0.2) is 0 Å². The molecule has 0 radical (unpaired) electrons. The molecule has 0 heterocycles. The maximum atomic E-state index is 11.3. The highest BCUT2D eigenvalue weighted by molar-refractivity contribution is 6.68. The van der Waals surface area contributed by atoms with Gasteiger partial charge in [-0.05, 0) is 23.3 Å². The van der Waals surface area contributed by atoms with Crippen LogP contribution in [0.5, 0.6) is 0 Å². The second kappa shape index (κ2) is 12.2. The van der Waals surface area contributed by atoms with Gasteiger partial charge in [-0.15, -0.1) is 0 Å². The van der Waals surface area contributed by atoms with E-state index >= 15 is 0 Å². The number of hydrogen-bond acceptors (Lipinski definition) is 3. The van der Waals surface area contributed by atoms with Gasteiger partial charge in [0.15, 0.2) is 6.23 Å². The Hall–Kier alpha value is -2.31. The lowest BCUT2D eigenvalue weighted by Gasteiger charge is -2.18. The number of primary amides is 1. The number of aliphatic hydroxyl groups excluding tert-OH is 1. The van der Waals surface area contributed by atoms with Crippen molar-refractivity contribution in [3.63, 3.8) is 0 Å². The maximum Gasteiger partial charge on any atom is 0.246 e. The minimum Gasteiger partial charge on any atom is -0.369 e. The molecule has 0 aromatic heterocycles. The molecule has 0 bridgehead atoms. The van der Waals surface area contributed by atoms with Crippen LogP contribution in [0.25, 0.3) is 12.2 Å². The van der Waals surface area contributed by atoms with Crippen LogP contribution in [0, 0.1) is 0 Å². The van der Waals surface area contributed by atoms with Gasteiger partial charge in [0.25, 0.3) is 0 Å². The lowest BCUT2D eigenvalue weighted by Crippen LogP contribution is -2.42. The first-order valence-corrected chi connectivity index (χ1v) is 9.13. The fraction of sp³-hybridized carbons (Fsp3) is 0.100. The van der Waals surface area contributed by atoms with E-state index < -0.39 is 21.8 Å². The lowest BCUT2D eigenvalue weighted by atomic mass is 10.2. The number of amides is 2. The van der Waals surface area contributed by atoms with Gasteiger partial charge in [-0.1, -0.05) is 95.5 Å². The molecule has 2 rings (SSSR count). The Balaban J connectivity index is 0.000000307. The number of alkyl halides is 3. The first-order chi connectivity index (χ1) is 13.2. The number of hydrogen-bond donors (Lipinski definition) is 3. The SMILES string of the molecule is NC(=O)/C=C/c1ccccc1.O=C(/C=C/c1ccccc1)NC(O)C(Cl)(Cl)Cl. The molecule has 1 unspecified atom stereocenters. The molecular formula is C20H19Cl3N2O3. The minimum atomic E-state index is -1.95. The van der Waals surface area contributed by atoms with E-state index in [0.29, 0.717) is 0 Å². The first-order valence-electron chi connectivity index (χ1n) is 7.99. The molecule has 28 heavy (non-hydrogen) atoms. The van der Waals surface area contributed by atoms with Crippen LogP contribution in [-0.2, 0) is 9.59 Å². The van der Waals surface area contributed by atoms with Crippen LogP contribution in [0.15, 0.2) is 72.8 Å². The molecule has 0 fully saturated rings. The molecule has 8 heteroatoms. The summed E-state index contributed by atoms with van der Waals surface area (Å²) >= 11 is 16.2. The number of carbonyl (C=O) groups excluding carboxylic acids is 2. The zero-order chi connectivity index (χ0) is 21.0. The second-order valence-corrected chi connectivity index (χ2v) is 7.71. The minimum absolute atomic E-state index is 0.422. The summed E-state index contributed by atoms with van der Waals surface area (Å²) in [5.41, 5.74) is 6.75. The summed E-state index contributed by atoms with van der Waals surface area (Å²) in [5.74, 6) is -0.971. The number of nitrogens with one attached hydrogen (secondary N) is 1. The number of aliphatic hydroxyl groups is 1. The van der Waals surface area contributed by atoms with Crippen molar-refractivity contribution >= 4 is 58.8 Å². The average molecular weight is 442 g/mol. The Morgan fingerprint density at radius 3 is 1.71 bits per heavy atom. The van der Waals surface area contributed by atoms with Crippen molar-refractivity contribution in [2.75, 3.05) is 0 Å². The van der Waals surface area contributed by atoms with E-state index in [0.717, 1.165) is 11.1 Å². The Kier molecular flexibility index (Phi) is 10.3. The molecule has 0 aliphatic carbocycles. The molecule has 4 N–H and O–H groups in total. The standard InChI is InChI=1S/C11H10Cl3NO2.C9H9NO/c12-11(13,14)10(17)15-9(16)7-6-8-4-2-1-3-5-8;10-9(11)7-6-8-4-2-1-3-5-8/h1-7,10,17H,(H,15,16);1-7H,(H2,10,11)/b2*7-6+. The maximum absolute atomic E-state index is 11.3. The van der Waals surface area contributed by atoms with E-state index in [1.807, 2.05) is 60.7 Å². The molecule has 0 saturated carbocycles. The van der Waals surface area contributed by atoms with Crippen LogP contribution in [0.4, 0.5) is 0 Å². The summed E-state index contributed by atoms with van der Waals surface area (Å²) in [6, 6.07) is 18.7. The number of benzene rings is 2. The van der Waals surface area contributed by atoms with Crippen molar-refractivity contribution in [2.45, 2.75) is 10.0 Å². The molecule has 5 nitrogen and oxygen atoms in total. The molecule has 2 aromatic rings. The van der Waals surface area contributed by atoms with E-state index in [1.165, 1.54) is 12.2 Å². The van der Waals surface area contributed by atoms with Crippen molar-refractivity contribution in [3.8, 4) is 0 Å². The third kappa shape index (κ3) is 10.7. The van der Waals surface area contributed by atoms with Crippen LogP contribution in [0.2, 0.25) is 0 Å². The fourth-order valence-electron chi connectivity index (χ4n) is 1.74. The van der Waals surface area contributed by atoms with E-state index in [1.54, 1.807) is 12.2 Å². The van der Waals surface area contributed by atoms with Gasteiger partial charge in [0.2, 0.25) is 15.6 Å². The van der Waals surface area contributed by atoms with Gasteiger partial charge >= 0.3 is 0 Å². The summed E-state index contributed by atoms with van der Waals surface area (Å²) in [7, 11) is 0. The predicted molar refractivity (Wildman–Crippen MR) is 115 cm³/mol. The highest BCUT2D eigenvalue weighted by atomic mass is 35.6. The van der Waals surface area contributed by atoms with E-state index in [4.69, 9.17) is 40.5 Å². The van der Waals surface area contributed by atoms with Crippen molar-refractivity contribution in [3.05, 3.63) is 83.9 Å². The zero-order valence-corrected chi connectivity index (χ0v) is 16.9. The molecule has 0 saturated heterocycles. The number of rotatable bonds is 5. The van der Waals surface area contributed by atoms with Crippen LogP contribution in [0.1, 0.15) is 11.1 Å². The van der Waals surface area contributed by atoms with Gasteiger partial charge in [0, 0.05) is 12.2 Å². The smallest absolute Gasteiger partial charge is 0.246 e. The van der Waals surface area contributed by atoms with Crippen LogP contribution >= 0.6 is 34.8 Å². The number of carbonyl (C=O) groups is 2. The Morgan fingerprint density at radius 1 is 0.893 bits per heavy atom. The van der Waals surface area contributed by atoms with Crippen molar-refractivity contribution in [2.24, 2.45) is 5.73 Å². The third-order valence-corrected chi connectivity index (χ3v) is 3.68. The van der Waals surface area contributed by atoms with Crippen molar-refractivity contribution < 1.29 is 14.7 Å². The molecule has 0 aliphatic rings. The summed E-state index contributed by atoms with van der Waals surface area (Å²) in [5, 5.41) is 11.4. The predicted octanol–water partition coefficient (Wildman–Crippen LogP) is 3.69. The molecular weight excluding hydrogens is 423 g/mol. The van der Waals surface area contributed by atoms with Gasteiger partial charge < -0.3 is 16.2 Å². The van der Waals surface area contributed by atoms with Crippen molar-refractivity contribution in [1.82, 2.24) is 5.32 Å². The topological polar surface area (TPSA) is 92.4 Å². The first kappa shape index (κ1) is 23.7. The Labute approximate surface area is 178 Å². The highest BCUT2D eigenvalue weighted by Crippen LogP contribution is 2.28. The molecule has 2 amide bonds. The molecule has 1 atom stereocenters. The largest absolute Gasteiger partial charge is 0.369 e.